The van der Waals surface area contributed by atoms with Crippen LogP contribution >= 0.6 is 24.0 Å². The Hall–Kier alpha value is -2.75. The molecule has 1 aliphatic heterocycles. The molecular weight excluding hydrogens is 493 g/mol. The summed E-state index contributed by atoms with van der Waals surface area (Å²) in [4.78, 5) is 8.89. The quantitative estimate of drug-likeness (QED) is 0.297. The molecule has 0 radical (unpaired) electrons. The third-order valence-electron chi connectivity index (χ3n) is 4.59. The number of guanidine groups is 1. The number of fused-ring (bicyclic) bond motifs is 1. The second-order valence-electron chi connectivity index (χ2n) is 6.67. The minimum atomic E-state index is -0.0769. The van der Waals surface area contributed by atoms with Gasteiger partial charge in [-0.1, -0.05) is 30.3 Å². The SMILES string of the molecule is CCNC(=NCc1ccccc1-n1ccnc1)NCC1COc2ccccc2O1.I. The first-order chi connectivity index (χ1) is 14.3. The van der Waals surface area contributed by atoms with Crippen LogP contribution in [0.1, 0.15) is 12.5 Å². The van der Waals surface area contributed by atoms with Gasteiger partial charge in [0, 0.05) is 18.9 Å². The predicted octanol–water partition coefficient (Wildman–Crippen LogP) is 3.39. The molecule has 0 spiro atoms. The number of rotatable bonds is 6. The maximum atomic E-state index is 6.01. The number of para-hydroxylation sites is 3. The number of ether oxygens (including phenoxy) is 2. The molecule has 2 aromatic carbocycles. The van der Waals surface area contributed by atoms with Crippen LogP contribution in [0.5, 0.6) is 11.5 Å². The second kappa shape index (κ2) is 10.9. The van der Waals surface area contributed by atoms with Crippen LogP contribution in [-0.4, -0.2) is 41.3 Å². The molecule has 3 aromatic rings. The van der Waals surface area contributed by atoms with Gasteiger partial charge in [0.05, 0.1) is 25.1 Å². The summed E-state index contributed by atoms with van der Waals surface area (Å²) in [5.41, 5.74) is 2.19. The van der Waals surface area contributed by atoms with Gasteiger partial charge in [-0.25, -0.2) is 9.98 Å². The lowest BCUT2D eigenvalue weighted by Gasteiger charge is -2.27. The Balaban J connectivity index is 0.00000256. The Morgan fingerprint density at radius 1 is 1.13 bits per heavy atom. The highest BCUT2D eigenvalue weighted by atomic mass is 127. The summed E-state index contributed by atoms with van der Waals surface area (Å²) in [5, 5.41) is 6.65. The molecule has 1 unspecified atom stereocenters. The van der Waals surface area contributed by atoms with E-state index in [9.17, 15) is 0 Å². The summed E-state index contributed by atoms with van der Waals surface area (Å²) in [5.74, 6) is 2.32. The van der Waals surface area contributed by atoms with E-state index < -0.39 is 0 Å². The lowest BCUT2D eigenvalue weighted by molar-refractivity contribution is 0.0936. The van der Waals surface area contributed by atoms with Crippen LogP contribution in [0.25, 0.3) is 5.69 Å². The van der Waals surface area contributed by atoms with Gasteiger partial charge in [0.2, 0.25) is 0 Å². The van der Waals surface area contributed by atoms with Crippen LogP contribution in [0.4, 0.5) is 0 Å². The molecule has 30 heavy (non-hydrogen) atoms. The van der Waals surface area contributed by atoms with Crippen LogP contribution in [0.15, 0.2) is 72.2 Å². The van der Waals surface area contributed by atoms with Gasteiger partial charge in [-0.3, -0.25) is 0 Å². The van der Waals surface area contributed by atoms with Crippen LogP contribution in [0.2, 0.25) is 0 Å². The molecule has 1 aromatic heterocycles. The molecule has 158 valence electrons. The normalized spacial score (nSPS) is 15.2. The van der Waals surface area contributed by atoms with E-state index in [0.29, 0.717) is 19.7 Å². The summed E-state index contributed by atoms with van der Waals surface area (Å²) >= 11 is 0. The van der Waals surface area contributed by atoms with Crippen molar-refractivity contribution in [1.29, 1.82) is 0 Å². The summed E-state index contributed by atoms with van der Waals surface area (Å²) in [6, 6.07) is 15.9. The summed E-state index contributed by atoms with van der Waals surface area (Å²) in [7, 11) is 0. The molecule has 7 nitrogen and oxygen atoms in total. The van der Waals surface area contributed by atoms with E-state index in [1.165, 1.54) is 0 Å². The van der Waals surface area contributed by atoms with Crippen molar-refractivity contribution in [3.63, 3.8) is 0 Å². The first-order valence-corrected chi connectivity index (χ1v) is 9.80. The first kappa shape index (κ1) is 21.9. The molecule has 1 aliphatic rings. The number of nitrogens with one attached hydrogen (secondary N) is 2. The van der Waals surface area contributed by atoms with E-state index in [-0.39, 0.29) is 30.1 Å². The van der Waals surface area contributed by atoms with E-state index in [4.69, 9.17) is 14.5 Å². The Morgan fingerprint density at radius 3 is 2.73 bits per heavy atom. The minimum Gasteiger partial charge on any atom is -0.486 e. The number of benzene rings is 2. The third-order valence-corrected chi connectivity index (χ3v) is 4.59. The third kappa shape index (κ3) is 5.44. The molecule has 1 atom stereocenters. The molecule has 0 fully saturated rings. The van der Waals surface area contributed by atoms with Crippen molar-refractivity contribution in [1.82, 2.24) is 20.2 Å². The molecule has 8 heteroatoms. The average Bonchev–Trinajstić information content (AvgIpc) is 3.30. The van der Waals surface area contributed by atoms with Gasteiger partial charge >= 0.3 is 0 Å². The Kier molecular flexibility index (Phi) is 7.95. The van der Waals surface area contributed by atoms with E-state index in [2.05, 4.69) is 27.8 Å². The lowest BCUT2D eigenvalue weighted by Crippen LogP contribution is -2.45. The second-order valence-corrected chi connectivity index (χ2v) is 6.67. The van der Waals surface area contributed by atoms with E-state index in [0.717, 1.165) is 35.3 Å². The largest absolute Gasteiger partial charge is 0.486 e. The fourth-order valence-electron chi connectivity index (χ4n) is 3.18. The smallest absolute Gasteiger partial charge is 0.191 e. The molecule has 2 heterocycles. The molecule has 0 amide bonds. The first-order valence-electron chi connectivity index (χ1n) is 9.80. The summed E-state index contributed by atoms with van der Waals surface area (Å²) in [6.45, 7) is 4.48. The minimum absolute atomic E-state index is 0. The van der Waals surface area contributed by atoms with Gasteiger partial charge in [0.1, 0.15) is 12.7 Å². The van der Waals surface area contributed by atoms with Crippen LogP contribution < -0.4 is 20.1 Å². The number of hydrogen-bond acceptors (Lipinski definition) is 4. The molecule has 4 rings (SSSR count). The number of halogens is 1. The van der Waals surface area contributed by atoms with Gasteiger partial charge in [0.25, 0.3) is 0 Å². The average molecular weight is 519 g/mol. The fraction of sp³-hybridized carbons (Fsp3) is 0.273. The number of aliphatic imine (C=N–C) groups is 1. The summed E-state index contributed by atoms with van der Waals surface area (Å²) in [6.07, 6.45) is 5.43. The van der Waals surface area contributed by atoms with Gasteiger partial charge < -0.3 is 24.7 Å². The van der Waals surface area contributed by atoms with Crippen molar-refractivity contribution in [3.8, 4) is 17.2 Å². The number of hydrogen-bond donors (Lipinski definition) is 2. The predicted molar refractivity (Wildman–Crippen MR) is 128 cm³/mol. The van der Waals surface area contributed by atoms with Gasteiger partial charge in [-0.2, -0.15) is 0 Å². The Bertz CT molecular complexity index is 962. The Labute approximate surface area is 193 Å². The van der Waals surface area contributed by atoms with Crippen LogP contribution in [0, 0.1) is 0 Å². The van der Waals surface area contributed by atoms with E-state index in [1.54, 1.807) is 12.5 Å². The maximum Gasteiger partial charge on any atom is 0.191 e. The standard InChI is InChI=1S/C22H25N5O2.HI/c1-2-24-22(26-14-18-15-28-20-9-5-6-10-21(20)29-18)25-13-17-7-3-4-8-19(17)27-12-11-23-16-27;/h3-12,16,18H,2,13-15H2,1H3,(H2,24,25,26);1H. The number of aromatic nitrogens is 2. The Morgan fingerprint density at radius 2 is 1.93 bits per heavy atom. The number of nitrogens with zero attached hydrogens (tertiary/aromatic N) is 3. The monoisotopic (exact) mass is 519 g/mol. The molecule has 0 saturated carbocycles. The van der Waals surface area contributed by atoms with Gasteiger partial charge in [-0.05, 0) is 30.7 Å². The van der Waals surface area contributed by atoms with Crippen LogP contribution in [-0.2, 0) is 6.54 Å². The highest BCUT2D eigenvalue weighted by Crippen LogP contribution is 2.30. The zero-order chi connectivity index (χ0) is 19.9. The van der Waals surface area contributed by atoms with Crippen molar-refractivity contribution < 1.29 is 9.47 Å². The highest BCUT2D eigenvalue weighted by Gasteiger charge is 2.20. The fourth-order valence-corrected chi connectivity index (χ4v) is 3.18. The van der Waals surface area contributed by atoms with E-state index >= 15 is 0 Å². The molecule has 0 bridgehead atoms. The number of imidazole rings is 1. The molecule has 2 N–H and O–H groups in total. The van der Waals surface area contributed by atoms with Crippen molar-refractivity contribution in [2.75, 3.05) is 19.7 Å². The molecule has 0 aliphatic carbocycles. The van der Waals surface area contributed by atoms with Crippen LogP contribution in [0.3, 0.4) is 0 Å². The molecule has 0 saturated heterocycles. The van der Waals surface area contributed by atoms with Crippen molar-refractivity contribution >= 4 is 29.9 Å². The van der Waals surface area contributed by atoms with Crippen molar-refractivity contribution in [2.45, 2.75) is 19.6 Å². The van der Waals surface area contributed by atoms with Gasteiger partial charge in [-0.15, -0.1) is 24.0 Å². The lowest BCUT2D eigenvalue weighted by atomic mass is 10.2. The molecular formula is C22H26IN5O2. The highest BCUT2D eigenvalue weighted by molar-refractivity contribution is 14.0. The zero-order valence-electron chi connectivity index (χ0n) is 16.8. The maximum absolute atomic E-state index is 6.01. The topological polar surface area (TPSA) is 72.7 Å². The van der Waals surface area contributed by atoms with Gasteiger partial charge in [0.15, 0.2) is 17.5 Å². The van der Waals surface area contributed by atoms with E-state index in [1.807, 2.05) is 54.1 Å². The van der Waals surface area contributed by atoms with Crippen molar-refractivity contribution in [2.24, 2.45) is 4.99 Å². The van der Waals surface area contributed by atoms with Crippen molar-refractivity contribution in [3.05, 3.63) is 72.8 Å². The summed E-state index contributed by atoms with van der Waals surface area (Å²) < 4.78 is 13.8. The zero-order valence-corrected chi connectivity index (χ0v) is 19.2.